The monoisotopic (exact) mass is 323 g/mol. The van der Waals surface area contributed by atoms with E-state index in [4.69, 9.17) is 0 Å². The van der Waals surface area contributed by atoms with Crippen LogP contribution in [0.15, 0.2) is 42.7 Å². The van der Waals surface area contributed by atoms with Gasteiger partial charge in [-0.15, -0.1) is 0 Å². The van der Waals surface area contributed by atoms with Crippen molar-refractivity contribution in [1.82, 2.24) is 14.5 Å². The van der Waals surface area contributed by atoms with E-state index in [1.165, 1.54) is 5.57 Å². The molecule has 5 nitrogen and oxygen atoms in total. The average molecular weight is 323 g/mol. The SMILES string of the molecule is O=C(C1CCn2ccnc2C1)N1CC=C(c2ccc(O)cc2)CC1. The quantitative estimate of drug-likeness (QED) is 0.923. The van der Waals surface area contributed by atoms with E-state index in [0.29, 0.717) is 6.54 Å². The first-order chi connectivity index (χ1) is 11.7. The van der Waals surface area contributed by atoms with Gasteiger partial charge in [0.2, 0.25) is 5.91 Å². The number of hydrogen-bond donors (Lipinski definition) is 1. The van der Waals surface area contributed by atoms with Gasteiger partial charge in [-0.3, -0.25) is 4.79 Å². The van der Waals surface area contributed by atoms with Gasteiger partial charge in [0.15, 0.2) is 0 Å². The first-order valence-electron chi connectivity index (χ1n) is 8.48. The molecular weight excluding hydrogens is 302 g/mol. The number of hydrogen-bond acceptors (Lipinski definition) is 3. The standard InChI is InChI=1S/C19H21N3O2/c23-17-3-1-14(2-4-17)15-5-10-22(11-6-15)19(24)16-7-9-21-12-8-20-18(21)13-16/h1-5,8,12,16,23H,6-7,9-11,13H2. The summed E-state index contributed by atoms with van der Waals surface area (Å²) in [6.07, 6.45) is 8.44. The molecule has 0 spiro atoms. The number of fused-ring (bicyclic) bond motifs is 1. The van der Waals surface area contributed by atoms with Crippen molar-refractivity contribution in [3.8, 4) is 5.75 Å². The van der Waals surface area contributed by atoms with Crippen molar-refractivity contribution in [3.05, 3.63) is 54.1 Å². The van der Waals surface area contributed by atoms with Crippen molar-refractivity contribution in [2.24, 2.45) is 5.92 Å². The predicted octanol–water partition coefficient (Wildman–Crippen LogP) is 2.47. The third-order valence-electron chi connectivity index (χ3n) is 5.06. The number of benzene rings is 1. The summed E-state index contributed by atoms with van der Waals surface area (Å²) in [6, 6.07) is 7.27. The summed E-state index contributed by atoms with van der Waals surface area (Å²) in [5.74, 6) is 1.62. The number of aromatic nitrogens is 2. The number of phenols is 1. The van der Waals surface area contributed by atoms with E-state index in [0.717, 1.165) is 43.7 Å². The molecule has 124 valence electrons. The molecule has 0 saturated heterocycles. The van der Waals surface area contributed by atoms with E-state index >= 15 is 0 Å². The van der Waals surface area contributed by atoms with E-state index in [1.54, 1.807) is 12.1 Å². The highest BCUT2D eigenvalue weighted by molar-refractivity contribution is 5.81. The van der Waals surface area contributed by atoms with Crippen molar-refractivity contribution in [2.75, 3.05) is 13.1 Å². The minimum Gasteiger partial charge on any atom is -0.508 e. The van der Waals surface area contributed by atoms with Crippen LogP contribution >= 0.6 is 0 Å². The molecule has 1 amide bonds. The van der Waals surface area contributed by atoms with Crippen LogP contribution in [0.25, 0.3) is 5.57 Å². The molecule has 24 heavy (non-hydrogen) atoms. The van der Waals surface area contributed by atoms with Gasteiger partial charge in [-0.2, -0.15) is 0 Å². The zero-order valence-corrected chi connectivity index (χ0v) is 13.6. The van der Waals surface area contributed by atoms with Crippen molar-refractivity contribution in [1.29, 1.82) is 0 Å². The number of carbonyl (C=O) groups excluding carboxylic acids is 1. The number of imidazole rings is 1. The van der Waals surface area contributed by atoms with Crippen LogP contribution in [0.2, 0.25) is 0 Å². The molecule has 1 aromatic carbocycles. The fourth-order valence-electron chi connectivity index (χ4n) is 3.63. The maximum Gasteiger partial charge on any atom is 0.226 e. The summed E-state index contributed by atoms with van der Waals surface area (Å²) >= 11 is 0. The molecule has 5 heteroatoms. The van der Waals surface area contributed by atoms with Gasteiger partial charge >= 0.3 is 0 Å². The first kappa shape index (κ1) is 15.0. The summed E-state index contributed by atoms with van der Waals surface area (Å²) in [5, 5.41) is 9.39. The zero-order valence-electron chi connectivity index (χ0n) is 13.6. The normalized spacial score (nSPS) is 20.4. The van der Waals surface area contributed by atoms with Gasteiger partial charge in [0.05, 0.1) is 0 Å². The third-order valence-corrected chi connectivity index (χ3v) is 5.06. The molecule has 0 radical (unpaired) electrons. The molecule has 0 saturated carbocycles. The fraction of sp³-hybridized carbons (Fsp3) is 0.368. The van der Waals surface area contributed by atoms with E-state index in [-0.39, 0.29) is 17.6 Å². The van der Waals surface area contributed by atoms with Gasteiger partial charge in [-0.1, -0.05) is 18.2 Å². The molecule has 3 heterocycles. The van der Waals surface area contributed by atoms with Crippen molar-refractivity contribution < 1.29 is 9.90 Å². The Morgan fingerprint density at radius 1 is 1.21 bits per heavy atom. The number of aromatic hydroxyl groups is 1. The van der Waals surface area contributed by atoms with Crippen LogP contribution in [0.4, 0.5) is 0 Å². The lowest BCUT2D eigenvalue weighted by atomic mass is 9.94. The van der Waals surface area contributed by atoms with Crippen LogP contribution in [0.3, 0.4) is 0 Å². The molecule has 1 N–H and O–H groups in total. The van der Waals surface area contributed by atoms with Crippen LogP contribution in [-0.4, -0.2) is 38.6 Å². The highest BCUT2D eigenvalue weighted by Crippen LogP contribution is 2.26. The van der Waals surface area contributed by atoms with Crippen molar-refractivity contribution >= 4 is 11.5 Å². The van der Waals surface area contributed by atoms with E-state index < -0.39 is 0 Å². The smallest absolute Gasteiger partial charge is 0.226 e. The molecule has 0 aliphatic carbocycles. The minimum atomic E-state index is 0.0588. The van der Waals surface area contributed by atoms with Gasteiger partial charge in [-0.25, -0.2) is 4.98 Å². The Kier molecular flexibility index (Phi) is 3.84. The van der Waals surface area contributed by atoms with Gasteiger partial charge in [-0.05, 0) is 36.1 Å². The Labute approximate surface area is 141 Å². The summed E-state index contributed by atoms with van der Waals surface area (Å²) in [5.41, 5.74) is 2.37. The summed E-state index contributed by atoms with van der Waals surface area (Å²) in [6.45, 7) is 2.31. The lowest BCUT2D eigenvalue weighted by molar-refractivity contribution is -0.135. The topological polar surface area (TPSA) is 58.4 Å². The molecule has 0 bridgehead atoms. The van der Waals surface area contributed by atoms with Crippen molar-refractivity contribution in [3.63, 3.8) is 0 Å². The van der Waals surface area contributed by atoms with Crippen LogP contribution in [-0.2, 0) is 17.8 Å². The number of amides is 1. The molecule has 1 aromatic heterocycles. The number of carbonyl (C=O) groups is 1. The third kappa shape index (κ3) is 2.82. The van der Waals surface area contributed by atoms with E-state index in [1.807, 2.05) is 29.4 Å². The zero-order chi connectivity index (χ0) is 16.5. The molecule has 2 aliphatic rings. The van der Waals surface area contributed by atoms with Gasteiger partial charge in [0.25, 0.3) is 0 Å². The summed E-state index contributed by atoms with van der Waals surface area (Å²) < 4.78 is 2.14. The minimum absolute atomic E-state index is 0.0588. The van der Waals surface area contributed by atoms with Crippen LogP contribution < -0.4 is 0 Å². The lowest BCUT2D eigenvalue weighted by Crippen LogP contribution is -2.41. The second-order valence-electron chi connectivity index (χ2n) is 6.54. The highest BCUT2D eigenvalue weighted by Gasteiger charge is 2.29. The Morgan fingerprint density at radius 2 is 2.04 bits per heavy atom. The van der Waals surface area contributed by atoms with Gasteiger partial charge in [0.1, 0.15) is 11.6 Å². The van der Waals surface area contributed by atoms with Crippen LogP contribution in [0.1, 0.15) is 24.2 Å². The number of aryl methyl sites for hydroxylation is 1. The second-order valence-corrected chi connectivity index (χ2v) is 6.54. The summed E-state index contributed by atoms with van der Waals surface area (Å²) in [4.78, 5) is 19.1. The Hall–Kier alpha value is -2.56. The molecule has 1 atom stereocenters. The maximum absolute atomic E-state index is 12.8. The summed E-state index contributed by atoms with van der Waals surface area (Å²) in [7, 11) is 0. The Morgan fingerprint density at radius 3 is 2.79 bits per heavy atom. The van der Waals surface area contributed by atoms with Crippen LogP contribution in [0.5, 0.6) is 5.75 Å². The predicted molar refractivity (Wildman–Crippen MR) is 91.3 cm³/mol. The average Bonchev–Trinajstić information content (AvgIpc) is 3.09. The van der Waals surface area contributed by atoms with Crippen molar-refractivity contribution in [2.45, 2.75) is 25.8 Å². The molecule has 0 fully saturated rings. The maximum atomic E-state index is 12.8. The molecule has 2 aromatic rings. The van der Waals surface area contributed by atoms with E-state index in [2.05, 4.69) is 15.6 Å². The molecule has 2 aliphatic heterocycles. The van der Waals surface area contributed by atoms with Gasteiger partial charge < -0.3 is 14.6 Å². The number of phenolic OH excluding ortho intramolecular Hbond substituents is 1. The lowest BCUT2D eigenvalue weighted by Gasteiger charge is -2.32. The Balaban J connectivity index is 1.42. The molecule has 4 rings (SSSR count). The molecular formula is C19H21N3O2. The van der Waals surface area contributed by atoms with Gasteiger partial charge in [0, 0.05) is 44.4 Å². The largest absolute Gasteiger partial charge is 0.508 e. The van der Waals surface area contributed by atoms with Crippen LogP contribution in [0, 0.1) is 5.92 Å². The molecule has 1 unspecified atom stereocenters. The fourth-order valence-corrected chi connectivity index (χ4v) is 3.63. The first-order valence-corrected chi connectivity index (χ1v) is 8.48. The number of nitrogens with zero attached hydrogens (tertiary/aromatic N) is 3. The van der Waals surface area contributed by atoms with E-state index in [9.17, 15) is 9.90 Å². The highest BCUT2D eigenvalue weighted by atomic mass is 16.3. The number of rotatable bonds is 2. The Bertz CT molecular complexity index is 776. The second kappa shape index (κ2) is 6.15.